The Kier molecular flexibility index (Phi) is 7.09. The molecule has 0 aliphatic carbocycles. The van der Waals surface area contributed by atoms with Crippen molar-refractivity contribution in [1.29, 1.82) is 0 Å². The summed E-state index contributed by atoms with van der Waals surface area (Å²) in [6.07, 6.45) is 0. The van der Waals surface area contributed by atoms with E-state index in [-0.39, 0.29) is 5.91 Å². The lowest BCUT2D eigenvalue weighted by atomic mass is 10.1. The fourth-order valence-corrected chi connectivity index (χ4v) is 5.13. The van der Waals surface area contributed by atoms with Gasteiger partial charge in [-0.15, -0.1) is 0 Å². The molecule has 0 spiro atoms. The maximum absolute atomic E-state index is 14.8. The summed E-state index contributed by atoms with van der Waals surface area (Å²) in [6, 6.07) is 25.1. The number of hydrogen-bond acceptors (Lipinski definition) is 5. The number of fused-ring (bicyclic) bond motifs is 1. The minimum absolute atomic E-state index is 0.187. The van der Waals surface area contributed by atoms with E-state index in [1.54, 1.807) is 47.0 Å². The number of halogens is 2. The molecule has 6 rings (SSSR count). The van der Waals surface area contributed by atoms with Gasteiger partial charge in [-0.1, -0.05) is 48.0 Å². The molecule has 1 aliphatic rings. The van der Waals surface area contributed by atoms with Crippen LogP contribution in [0.15, 0.2) is 84.9 Å². The van der Waals surface area contributed by atoms with E-state index in [4.69, 9.17) is 21.4 Å². The predicted molar refractivity (Wildman–Crippen MR) is 155 cm³/mol. The number of ether oxygens (including phenoxy) is 1. The van der Waals surface area contributed by atoms with Crippen molar-refractivity contribution in [1.82, 2.24) is 19.5 Å². The van der Waals surface area contributed by atoms with Gasteiger partial charge in [0.15, 0.2) is 5.65 Å². The summed E-state index contributed by atoms with van der Waals surface area (Å²) in [5.41, 5.74) is 3.98. The zero-order chi connectivity index (χ0) is 27.6. The first-order valence-electron chi connectivity index (χ1n) is 13.2. The van der Waals surface area contributed by atoms with Crippen LogP contribution in [-0.2, 0) is 0 Å². The molecule has 1 amide bonds. The molecule has 3 heterocycles. The Morgan fingerprint density at radius 1 is 0.925 bits per heavy atom. The molecular weight excluding hydrogens is 529 g/mol. The molecule has 0 atom stereocenters. The number of benzene rings is 3. The van der Waals surface area contributed by atoms with Gasteiger partial charge in [-0.25, -0.2) is 13.9 Å². The van der Waals surface area contributed by atoms with Crippen molar-refractivity contribution in [2.45, 2.75) is 6.92 Å². The van der Waals surface area contributed by atoms with Crippen molar-refractivity contribution in [2.75, 3.05) is 37.7 Å². The van der Waals surface area contributed by atoms with Gasteiger partial charge < -0.3 is 14.5 Å². The molecule has 1 fully saturated rings. The summed E-state index contributed by atoms with van der Waals surface area (Å²) >= 11 is 6.07. The molecule has 7 nitrogen and oxygen atoms in total. The molecule has 5 aromatic rings. The van der Waals surface area contributed by atoms with Crippen LogP contribution in [-0.4, -0.2) is 58.2 Å². The molecule has 3 aromatic carbocycles. The number of amides is 1. The maximum atomic E-state index is 14.8. The molecule has 40 heavy (non-hydrogen) atoms. The molecular formula is C31H27ClFN5O2. The molecule has 1 saturated heterocycles. The monoisotopic (exact) mass is 555 g/mol. The molecule has 0 saturated carbocycles. The summed E-state index contributed by atoms with van der Waals surface area (Å²) in [5, 5.41) is 5.34. The number of rotatable bonds is 6. The van der Waals surface area contributed by atoms with Crippen LogP contribution < -0.4 is 9.64 Å². The number of piperazine rings is 1. The van der Waals surface area contributed by atoms with Crippen molar-refractivity contribution in [2.24, 2.45) is 0 Å². The quantitative estimate of drug-likeness (QED) is 0.249. The van der Waals surface area contributed by atoms with Gasteiger partial charge in [0.2, 0.25) is 0 Å². The minimum atomic E-state index is -0.406. The van der Waals surface area contributed by atoms with Crippen LogP contribution in [0.5, 0.6) is 5.75 Å². The first kappa shape index (κ1) is 25.8. The third kappa shape index (κ3) is 4.98. The zero-order valence-electron chi connectivity index (χ0n) is 21.9. The number of nitrogens with zero attached hydrogens (tertiary/aromatic N) is 5. The Balaban J connectivity index is 1.35. The normalized spacial score (nSPS) is 13.6. The van der Waals surface area contributed by atoms with E-state index in [1.807, 2.05) is 48.2 Å². The Morgan fingerprint density at radius 3 is 2.40 bits per heavy atom. The Morgan fingerprint density at radius 2 is 1.65 bits per heavy atom. The summed E-state index contributed by atoms with van der Waals surface area (Å²) in [7, 11) is 0. The zero-order valence-corrected chi connectivity index (χ0v) is 22.7. The highest BCUT2D eigenvalue weighted by Crippen LogP contribution is 2.30. The summed E-state index contributed by atoms with van der Waals surface area (Å²) in [5.74, 6) is 0.242. The lowest BCUT2D eigenvalue weighted by Crippen LogP contribution is -2.49. The van der Waals surface area contributed by atoms with Crippen LogP contribution >= 0.6 is 11.6 Å². The second-order valence-corrected chi connectivity index (χ2v) is 9.93. The highest BCUT2D eigenvalue weighted by Gasteiger charge is 2.27. The van der Waals surface area contributed by atoms with Crippen LogP contribution in [0.3, 0.4) is 0 Å². The summed E-state index contributed by atoms with van der Waals surface area (Å²) in [4.78, 5) is 22.7. The van der Waals surface area contributed by atoms with Gasteiger partial charge in [0.25, 0.3) is 5.91 Å². The van der Waals surface area contributed by atoms with E-state index >= 15 is 0 Å². The van der Waals surface area contributed by atoms with E-state index in [1.165, 1.54) is 6.07 Å². The number of para-hydroxylation sites is 2. The lowest BCUT2D eigenvalue weighted by molar-refractivity contribution is 0.0737. The van der Waals surface area contributed by atoms with E-state index in [2.05, 4.69) is 9.88 Å². The molecule has 2 aromatic heterocycles. The highest BCUT2D eigenvalue weighted by atomic mass is 35.5. The van der Waals surface area contributed by atoms with Gasteiger partial charge in [-0.3, -0.25) is 4.79 Å². The Bertz CT molecular complexity index is 1680. The number of anilines is 1. The van der Waals surface area contributed by atoms with Crippen molar-refractivity contribution in [3.8, 4) is 28.3 Å². The number of hydrogen-bond donors (Lipinski definition) is 0. The molecule has 0 unspecified atom stereocenters. The summed E-state index contributed by atoms with van der Waals surface area (Å²) in [6.45, 7) is 4.89. The Labute approximate surface area is 236 Å². The molecule has 0 N–H and O–H groups in total. The third-order valence-electron chi connectivity index (χ3n) is 7.01. The smallest absolute Gasteiger partial charge is 0.272 e. The maximum Gasteiger partial charge on any atom is 0.272 e. The van der Waals surface area contributed by atoms with E-state index in [9.17, 15) is 9.18 Å². The molecule has 9 heteroatoms. The van der Waals surface area contributed by atoms with Crippen molar-refractivity contribution < 1.29 is 13.9 Å². The predicted octanol–water partition coefficient (Wildman–Crippen LogP) is 6.22. The van der Waals surface area contributed by atoms with Crippen molar-refractivity contribution in [3.63, 3.8) is 0 Å². The molecule has 1 aliphatic heterocycles. The van der Waals surface area contributed by atoms with Crippen LogP contribution in [0, 0.1) is 5.82 Å². The largest absolute Gasteiger partial charge is 0.492 e. The van der Waals surface area contributed by atoms with Gasteiger partial charge in [0.05, 0.1) is 23.7 Å². The second-order valence-electron chi connectivity index (χ2n) is 9.49. The third-order valence-corrected chi connectivity index (χ3v) is 7.26. The van der Waals surface area contributed by atoms with Gasteiger partial charge >= 0.3 is 0 Å². The van der Waals surface area contributed by atoms with Gasteiger partial charge in [0, 0.05) is 48.4 Å². The number of aromatic nitrogens is 3. The number of carbonyl (C=O) groups excluding carboxylic acids is 1. The van der Waals surface area contributed by atoms with Gasteiger partial charge in [-0.05, 0) is 49.4 Å². The highest BCUT2D eigenvalue weighted by molar-refractivity contribution is 6.30. The average Bonchev–Trinajstić information content (AvgIpc) is 3.42. The topological polar surface area (TPSA) is 63.0 Å². The summed E-state index contributed by atoms with van der Waals surface area (Å²) < 4.78 is 22.1. The van der Waals surface area contributed by atoms with Crippen LogP contribution in [0.2, 0.25) is 5.02 Å². The van der Waals surface area contributed by atoms with Crippen molar-refractivity contribution in [3.05, 3.63) is 101 Å². The fraction of sp³-hybridized carbons (Fsp3) is 0.194. The van der Waals surface area contributed by atoms with Crippen LogP contribution in [0.1, 0.15) is 17.4 Å². The van der Waals surface area contributed by atoms with E-state index < -0.39 is 5.82 Å². The SMILES string of the molecule is CCOc1ccccc1N1CCN(C(=O)c2cc(-c3ccccc3F)nc3cc(-c4ccc(Cl)cc4)nn23)CC1. The Hall–Kier alpha value is -4.43. The lowest BCUT2D eigenvalue weighted by Gasteiger charge is -2.36. The number of carbonyl (C=O) groups is 1. The van der Waals surface area contributed by atoms with E-state index in [0.29, 0.717) is 66.1 Å². The van der Waals surface area contributed by atoms with Crippen LogP contribution in [0.4, 0.5) is 10.1 Å². The first-order chi connectivity index (χ1) is 19.5. The average molecular weight is 556 g/mol. The van der Waals surface area contributed by atoms with Gasteiger partial charge in [0.1, 0.15) is 17.3 Å². The molecule has 202 valence electrons. The van der Waals surface area contributed by atoms with Crippen LogP contribution in [0.25, 0.3) is 28.2 Å². The fourth-order valence-electron chi connectivity index (χ4n) is 5.00. The van der Waals surface area contributed by atoms with Gasteiger partial charge in [-0.2, -0.15) is 5.10 Å². The van der Waals surface area contributed by atoms with E-state index in [0.717, 1.165) is 17.0 Å². The first-order valence-corrected chi connectivity index (χ1v) is 13.6. The molecule has 0 bridgehead atoms. The second kappa shape index (κ2) is 11.0. The van der Waals surface area contributed by atoms with Crippen molar-refractivity contribution >= 4 is 28.8 Å². The minimum Gasteiger partial charge on any atom is -0.492 e. The standard InChI is InChI=1S/C31H27ClFN5O2/c1-2-40-29-10-6-5-9-27(29)36-15-17-37(18-16-36)31(39)28-19-26(23-7-3-4-8-24(23)33)34-30-20-25(35-38(28)30)21-11-13-22(32)14-12-21/h3-14,19-20H,2,15-18H2,1H3. The molecule has 0 radical (unpaired) electrons.